The van der Waals surface area contributed by atoms with Gasteiger partial charge in [0, 0.05) is 18.9 Å². The van der Waals surface area contributed by atoms with Crippen molar-refractivity contribution >= 4 is 16.6 Å². The minimum Gasteiger partial charge on any atom is -0.497 e. The molecule has 0 spiro atoms. The van der Waals surface area contributed by atoms with E-state index in [1.54, 1.807) is 20.2 Å². The number of carbonyl (C=O) groups excluding carboxylic acids is 1. The van der Waals surface area contributed by atoms with Gasteiger partial charge in [-0.15, -0.1) is 0 Å². The van der Waals surface area contributed by atoms with Crippen molar-refractivity contribution in [2.75, 3.05) is 7.11 Å². The normalized spacial score (nSPS) is 10.8. The number of fused-ring (bicyclic) bond motifs is 1. The lowest BCUT2D eigenvalue weighted by atomic mass is 10.0. The number of benzene rings is 2. The molecule has 0 fully saturated rings. The number of aryl methyl sites for hydroxylation is 1. The van der Waals surface area contributed by atoms with Crippen molar-refractivity contribution in [3.8, 4) is 5.75 Å². The third kappa shape index (κ3) is 3.20. The minimum absolute atomic E-state index is 0.0523. The highest BCUT2D eigenvalue weighted by Gasteiger charge is 2.12. The van der Waals surface area contributed by atoms with Crippen molar-refractivity contribution < 1.29 is 9.53 Å². The second kappa shape index (κ2) is 6.66. The molecule has 0 unspecified atom stereocenters. The largest absolute Gasteiger partial charge is 0.497 e. The maximum Gasteiger partial charge on any atom is 0.274 e. The van der Waals surface area contributed by atoms with Crippen LogP contribution in [0.25, 0.3) is 10.8 Å². The highest BCUT2D eigenvalue weighted by molar-refractivity contribution is 5.89. The van der Waals surface area contributed by atoms with Gasteiger partial charge in [0.15, 0.2) is 0 Å². The van der Waals surface area contributed by atoms with Gasteiger partial charge in [-0.2, -0.15) is 5.10 Å². The molecular formula is C19H18N2O3. The van der Waals surface area contributed by atoms with Gasteiger partial charge in [0.2, 0.25) is 0 Å². The summed E-state index contributed by atoms with van der Waals surface area (Å²) in [5, 5.41) is 5.60. The Labute approximate surface area is 139 Å². The zero-order valence-electron chi connectivity index (χ0n) is 13.7. The molecule has 1 heterocycles. The minimum atomic E-state index is -0.156. The number of ketones is 1. The van der Waals surface area contributed by atoms with Crippen LogP contribution in [0.4, 0.5) is 0 Å². The fourth-order valence-electron chi connectivity index (χ4n) is 2.73. The average molecular weight is 322 g/mol. The van der Waals surface area contributed by atoms with Gasteiger partial charge in [0.05, 0.1) is 24.6 Å². The lowest BCUT2D eigenvalue weighted by Crippen LogP contribution is -2.22. The van der Waals surface area contributed by atoms with Gasteiger partial charge in [0.25, 0.3) is 5.56 Å². The summed E-state index contributed by atoms with van der Waals surface area (Å²) in [7, 11) is 3.21. The molecule has 5 heteroatoms. The van der Waals surface area contributed by atoms with Crippen molar-refractivity contribution in [2.24, 2.45) is 7.05 Å². The summed E-state index contributed by atoms with van der Waals surface area (Å²) < 4.78 is 6.41. The van der Waals surface area contributed by atoms with Crippen molar-refractivity contribution in [1.29, 1.82) is 0 Å². The zero-order valence-corrected chi connectivity index (χ0v) is 13.7. The molecule has 0 amide bonds. The highest BCUT2D eigenvalue weighted by Crippen LogP contribution is 2.16. The van der Waals surface area contributed by atoms with Gasteiger partial charge in [-0.1, -0.05) is 30.3 Å². The predicted octanol–water partition coefficient (Wildman–Crippen LogP) is 2.30. The Kier molecular flexibility index (Phi) is 4.42. The van der Waals surface area contributed by atoms with Crippen LogP contribution in [0.2, 0.25) is 0 Å². The van der Waals surface area contributed by atoms with Crippen molar-refractivity contribution in [1.82, 2.24) is 9.78 Å². The van der Waals surface area contributed by atoms with Gasteiger partial charge in [0.1, 0.15) is 11.5 Å². The Morgan fingerprint density at radius 3 is 2.38 bits per heavy atom. The van der Waals surface area contributed by atoms with E-state index >= 15 is 0 Å². The van der Waals surface area contributed by atoms with Crippen LogP contribution in [-0.2, 0) is 24.7 Å². The summed E-state index contributed by atoms with van der Waals surface area (Å²) in [6.45, 7) is 0. The van der Waals surface area contributed by atoms with Crippen LogP contribution in [0.3, 0.4) is 0 Å². The molecule has 0 saturated heterocycles. The zero-order chi connectivity index (χ0) is 17.1. The molecule has 1 aromatic heterocycles. The quantitative estimate of drug-likeness (QED) is 0.723. The topological polar surface area (TPSA) is 61.2 Å². The van der Waals surface area contributed by atoms with Crippen molar-refractivity contribution in [3.63, 3.8) is 0 Å². The molecule has 3 rings (SSSR count). The van der Waals surface area contributed by atoms with E-state index in [0.29, 0.717) is 17.5 Å². The average Bonchev–Trinajstić information content (AvgIpc) is 2.60. The highest BCUT2D eigenvalue weighted by atomic mass is 16.5. The Balaban J connectivity index is 1.85. The number of ether oxygens (including phenoxy) is 1. The molecule has 2 aromatic carbocycles. The molecule has 122 valence electrons. The summed E-state index contributed by atoms with van der Waals surface area (Å²) in [6, 6.07) is 14.7. The Bertz CT molecular complexity index is 943. The van der Waals surface area contributed by atoms with E-state index in [2.05, 4.69) is 5.10 Å². The van der Waals surface area contributed by atoms with E-state index in [0.717, 1.165) is 16.7 Å². The summed E-state index contributed by atoms with van der Waals surface area (Å²) in [5.41, 5.74) is 1.40. The molecule has 0 aliphatic heterocycles. The third-order valence-electron chi connectivity index (χ3n) is 3.96. The number of Topliss-reactive ketones (excluding diaryl/α,β-unsaturated/α-hetero) is 1. The summed E-state index contributed by atoms with van der Waals surface area (Å²) in [5.74, 6) is 0.813. The van der Waals surface area contributed by atoms with Gasteiger partial charge in [-0.05, 0) is 23.8 Å². The summed E-state index contributed by atoms with van der Waals surface area (Å²) in [4.78, 5) is 24.5. The fraction of sp³-hybridized carbons (Fsp3) is 0.211. The number of nitrogens with zero attached hydrogens (tertiary/aromatic N) is 2. The molecule has 0 saturated carbocycles. The van der Waals surface area contributed by atoms with E-state index in [1.807, 2.05) is 42.5 Å². The van der Waals surface area contributed by atoms with E-state index in [1.165, 1.54) is 4.68 Å². The van der Waals surface area contributed by atoms with E-state index in [9.17, 15) is 9.59 Å². The van der Waals surface area contributed by atoms with E-state index in [4.69, 9.17) is 4.74 Å². The Hall–Kier alpha value is -2.95. The maximum atomic E-state index is 12.4. The molecule has 0 N–H and O–H groups in total. The van der Waals surface area contributed by atoms with Crippen molar-refractivity contribution in [3.05, 3.63) is 70.1 Å². The number of hydrogen-bond acceptors (Lipinski definition) is 4. The summed E-state index contributed by atoms with van der Waals surface area (Å²) in [6.07, 6.45) is 0.517. The van der Waals surface area contributed by atoms with Gasteiger partial charge in [-0.3, -0.25) is 9.59 Å². The summed E-state index contributed by atoms with van der Waals surface area (Å²) >= 11 is 0. The van der Waals surface area contributed by atoms with Crippen molar-refractivity contribution in [2.45, 2.75) is 12.8 Å². The SMILES string of the molecule is COc1ccc(CC(=O)Cc2nn(C)c(=O)c3ccccc23)cc1. The lowest BCUT2D eigenvalue weighted by molar-refractivity contribution is -0.117. The predicted molar refractivity (Wildman–Crippen MR) is 92.4 cm³/mol. The first-order chi connectivity index (χ1) is 11.6. The molecule has 0 bridgehead atoms. The number of aromatic nitrogens is 2. The van der Waals surface area contributed by atoms with Crippen LogP contribution in [0, 0.1) is 0 Å². The molecule has 0 aliphatic rings. The first-order valence-corrected chi connectivity index (χ1v) is 7.68. The number of rotatable bonds is 5. The van der Waals surface area contributed by atoms with Crippen LogP contribution >= 0.6 is 0 Å². The molecule has 3 aromatic rings. The first-order valence-electron chi connectivity index (χ1n) is 7.68. The lowest BCUT2D eigenvalue weighted by Gasteiger charge is -2.08. The molecule has 0 aliphatic carbocycles. The third-order valence-corrected chi connectivity index (χ3v) is 3.96. The fourth-order valence-corrected chi connectivity index (χ4v) is 2.73. The molecule has 24 heavy (non-hydrogen) atoms. The maximum absolute atomic E-state index is 12.4. The van der Waals surface area contributed by atoms with Gasteiger partial charge < -0.3 is 4.74 Å². The van der Waals surface area contributed by atoms with E-state index in [-0.39, 0.29) is 17.8 Å². The first kappa shape index (κ1) is 15.9. The molecule has 5 nitrogen and oxygen atoms in total. The number of methoxy groups -OCH3 is 1. The van der Waals surface area contributed by atoms with Gasteiger partial charge >= 0.3 is 0 Å². The van der Waals surface area contributed by atoms with Crippen LogP contribution in [0.1, 0.15) is 11.3 Å². The smallest absolute Gasteiger partial charge is 0.274 e. The molecule has 0 atom stereocenters. The molecular weight excluding hydrogens is 304 g/mol. The molecule has 0 radical (unpaired) electrons. The van der Waals surface area contributed by atoms with Crippen LogP contribution in [0.5, 0.6) is 5.75 Å². The second-order valence-electron chi connectivity index (χ2n) is 5.66. The Morgan fingerprint density at radius 1 is 1.04 bits per heavy atom. The van der Waals surface area contributed by atoms with Crippen LogP contribution < -0.4 is 10.3 Å². The van der Waals surface area contributed by atoms with E-state index < -0.39 is 0 Å². The standard InChI is InChI=1S/C19H18N2O3/c1-21-19(23)17-6-4-3-5-16(17)18(20-21)12-14(22)11-13-7-9-15(24-2)10-8-13/h3-10H,11-12H2,1-2H3. The van der Waals surface area contributed by atoms with Crippen LogP contribution in [-0.4, -0.2) is 22.7 Å². The van der Waals surface area contributed by atoms with Gasteiger partial charge in [-0.25, -0.2) is 4.68 Å². The number of hydrogen-bond donors (Lipinski definition) is 0. The Morgan fingerprint density at radius 2 is 1.71 bits per heavy atom. The second-order valence-corrected chi connectivity index (χ2v) is 5.66. The monoisotopic (exact) mass is 322 g/mol. The van der Waals surface area contributed by atoms with Crippen LogP contribution in [0.15, 0.2) is 53.3 Å². The number of carbonyl (C=O) groups is 1.